The van der Waals surface area contributed by atoms with Gasteiger partial charge in [0.15, 0.2) is 11.5 Å². The summed E-state index contributed by atoms with van der Waals surface area (Å²) >= 11 is 0. The van der Waals surface area contributed by atoms with Crippen molar-refractivity contribution in [1.29, 1.82) is 0 Å². The lowest BCUT2D eigenvalue weighted by atomic mass is 10.0. The van der Waals surface area contributed by atoms with Gasteiger partial charge in [0.1, 0.15) is 30.2 Å². The highest BCUT2D eigenvalue weighted by Gasteiger charge is 2.26. The van der Waals surface area contributed by atoms with Gasteiger partial charge in [-0.3, -0.25) is 0 Å². The molecule has 0 atom stereocenters. The molecule has 0 saturated carbocycles. The molecule has 98 valence electrons. The Labute approximate surface area is 108 Å². The number of aromatic nitrogens is 1. The minimum absolute atomic E-state index is 0.0440. The van der Waals surface area contributed by atoms with Gasteiger partial charge in [-0.1, -0.05) is 11.2 Å². The summed E-state index contributed by atoms with van der Waals surface area (Å²) < 4.78 is 16.0. The maximum Gasteiger partial charge on any atom is 0.341 e. The predicted molar refractivity (Wildman–Crippen MR) is 64.6 cm³/mol. The molecule has 6 nitrogen and oxygen atoms in total. The van der Waals surface area contributed by atoms with Crippen LogP contribution in [0.2, 0.25) is 0 Å². The lowest BCUT2D eigenvalue weighted by molar-refractivity contribution is 0.0695. The molecule has 6 heteroatoms. The molecule has 1 aromatic carbocycles. The molecule has 0 spiro atoms. The first kappa shape index (κ1) is 11.6. The number of carbonyl (C=O) groups is 1. The van der Waals surface area contributed by atoms with E-state index in [9.17, 15) is 9.90 Å². The second kappa shape index (κ2) is 4.31. The van der Waals surface area contributed by atoms with Crippen LogP contribution >= 0.6 is 0 Å². The van der Waals surface area contributed by atoms with Crippen LogP contribution in [0.5, 0.6) is 11.5 Å². The molecule has 1 aliphatic rings. The molecule has 0 amide bonds. The Morgan fingerprint density at radius 2 is 2.11 bits per heavy atom. The number of fused-ring (bicyclic) bond motifs is 1. The minimum Gasteiger partial charge on any atom is -0.486 e. The molecule has 0 bridgehead atoms. The second-order valence-electron chi connectivity index (χ2n) is 4.10. The van der Waals surface area contributed by atoms with Crippen LogP contribution in [0, 0.1) is 6.92 Å². The van der Waals surface area contributed by atoms with E-state index in [1.165, 1.54) is 0 Å². The summed E-state index contributed by atoms with van der Waals surface area (Å²) in [5, 5.41) is 13.1. The Balaban J connectivity index is 2.20. The van der Waals surface area contributed by atoms with Crippen LogP contribution < -0.4 is 9.47 Å². The van der Waals surface area contributed by atoms with Crippen molar-refractivity contribution in [3.05, 3.63) is 29.5 Å². The Morgan fingerprint density at radius 3 is 2.89 bits per heavy atom. The van der Waals surface area contributed by atoms with Gasteiger partial charge in [0.2, 0.25) is 0 Å². The van der Waals surface area contributed by atoms with Crippen molar-refractivity contribution in [2.45, 2.75) is 6.92 Å². The number of carboxylic acids is 1. The number of aromatic carboxylic acids is 1. The summed E-state index contributed by atoms with van der Waals surface area (Å²) in [5.74, 6) is 0.269. The van der Waals surface area contributed by atoms with Crippen molar-refractivity contribution in [1.82, 2.24) is 5.16 Å². The number of para-hydroxylation sites is 1. The molecule has 0 radical (unpaired) electrons. The molecule has 0 saturated heterocycles. The third-order valence-corrected chi connectivity index (χ3v) is 2.90. The Kier molecular flexibility index (Phi) is 2.63. The van der Waals surface area contributed by atoms with E-state index >= 15 is 0 Å². The number of benzene rings is 1. The van der Waals surface area contributed by atoms with Crippen LogP contribution in [-0.4, -0.2) is 29.4 Å². The van der Waals surface area contributed by atoms with E-state index in [-0.39, 0.29) is 17.0 Å². The number of rotatable bonds is 2. The average molecular weight is 261 g/mol. The van der Waals surface area contributed by atoms with Crippen molar-refractivity contribution in [3.63, 3.8) is 0 Å². The van der Waals surface area contributed by atoms with Gasteiger partial charge in [-0.2, -0.15) is 0 Å². The summed E-state index contributed by atoms with van der Waals surface area (Å²) in [6.45, 7) is 2.45. The van der Waals surface area contributed by atoms with Gasteiger partial charge in [0.05, 0.1) is 5.56 Å². The van der Waals surface area contributed by atoms with Crippen molar-refractivity contribution >= 4 is 5.97 Å². The molecule has 19 heavy (non-hydrogen) atoms. The Bertz CT molecular complexity index is 646. The van der Waals surface area contributed by atoms with E-state index in [0.717, 1.165) is 0 Å². The number of hydrogen-bond donors (Lipinski definition) is 1. The molecule has 2 heterocycles. The van der Waals surface area contributed by atoms with Crippen LogP contribution in [0.3, 0.4) is 0 Å². The fourth-order valence-electron chi connectivity index (χ4n) is 2.07. The first-order valence-electron chi connectivity index (χ1n) is 5.77. The molecule has 0 fully saturated rings. The summed E-state index contributed by atoms with van der Waals surface area (Å²) in [4.78, 5) is 11.3. The molecule has 1 N–H and O–H groups in total. The van der Waals surface area contributed by atoms with Crippen molar-refractivity contribution in [2.75, 3.05) is 13.2 Å². The number of ether oxygens (including phenoxy) is 2. The molecular weight excluding hydrogens is 250 g/mol. The average Bonchev–Trinajstić information content (AvgIpc) is 2.80. The molecule has 3 rings (SSSR count). The fourth-order valence-corrected chi connectivity index (χ4v) is 2.07. The second-order valence-corrected chi connectivity index (χ2v) is 4.10. The van der Waals surface area contributed by atoms with Gasteiger partial charge in [0, 0.05) is 0 Å². The number of carboxylic acid groups (broad SMARTS) is 1. The zero-order valence-electron chi connectivity index (χ0n) is 10.2. The molecule has 0 aliphatic carbocycles. The number of aryl methyl sites for hydroxylation is 1. The topological polar surface area (TPSA) is 81.8 Å². The quantitative estimate of drug-likeness (QED) is 0.891. The van der Waals surface area contributed by atoms with Gasteiger partial charge in [-0.05, 0) is 19.1 Å². The molecule has 1 aliphatic heterocycles. The number of hydrogen-bond acceptors (Lipinski definition) is 5. The van der Waals surface area contributed by atoms with Crippen LogP contribution in [0.1, 0.15) is 16.1 Å². The van der Waals surface area contributed by atoms with Gasteiger partial charge in [-0.25, -0.2) is 4.79 Å². The van der Waals surface area contributed by atoms with Crippen LogP contribution in [-0.2, 0) is 0 Å². The van der Waals surface area contributed by atoms with Gasteiger partial charge < -0.3 is 19.1 Å². The first-order chi connectivity index (χ1) is 9.18. The Hall–Kier alpha value is -2.50. The van der Waals surface area contributed by atoms with E-state index in [0.29, 0.717) is 30.3 Å². The smallest absolute Gasteiger partial charge is 0.341 e. The summed E-state index contributed by atoms with van der Waals surface area (Å²) in [6.07, 6.45) is 0. The highest BCUT2D eigenvalue weighted by Crippen LogP contribution is 2.40. The van der Waals surface area contributed by atoms with Crippen LogP contribution in [0.4, 0.5) is 0 Å². The van der Waals surface area contributed by atoms with Crippen molar-refractivity contribution in [2.24, 2.45) is 0 Å². The highest BCUT2D eigenvalue weighted by atomic mass is 16.6. The standard InChI is InChI=1S/C13H11NO5/c1-7-10(13(15)16)11(14-19-7)8-3-2-4-9-12(8)18-6-5-17-9/h2-4H,5-6H2,1H3,(H,15,16). The van der Waals surface area contributed by atoms with E-state index in [2.05, 4.69) is 5.16 Å². The van der Waals surface area contributed by atoms with Crippen molar-refractivity contribution < 1.29 is 23.9 Å². The fraction of sp³-hybridized carbons (Fsp3) is 0.231. The maximum absolute atomic E-state index is 11.3. The lowest BCUT2D eigenvalue weighted by Crippen LogP contribution is -2.16. The molecule has 0 unspecified atom stereocenters. The van der Waals surface area contributed by atoms with Crippen LogP contribution in [0.25, 0.3) is 11.3 Å². The monoisotopic (exact) mass is 261 g/mol. The first-order valence-corrected chi connectivity index (χ1v) is 5.77. The van der Waals surface area contributed by atoms with E-state index in [1.54, 1.807) is 25.1 Å². The van der Waals surface area contributed by atoms with Crippen LogP contribution in [0.15, 0.2) is 22.7 Å². The lowest BCUT2D eigenvalue weighted by Gasteiger charge is -2.20. The molecule has 2 aromatic rings. The Morgan fingerprint density at radius 1 is 1.32 bits per heavy atom. The third kappa shape index (κ3) is 1.81. The zero-order chi connectivity index (χ0) is 13.4. The molecule has 1 aromatic heterocycles. The van der Waals surface area contributed by atoms with Crippen molar-refractivity contribution in [3.8, 4) is 22.8 Å². The normalized spacial score (nSPS) is 13.3. The molecular formula is C13H11NO5. The van der Waals surface area contributed by atoms with E-state index in [1.807, 2.05) is 0 Å². The van der Waals surface area contributed by atoms with E-state index in [4.69, 9.17) is 14.0 Å². The zero-order valence-corrected chi connectivity index (χ0v) is 10.2. The summed E-state index contributed by atoms with van der Waals surface area (Å²) in [5.41, 5.74) is 0.862. The summed E-state index contributed by atoms with van der Waals surface area (Å²) in [6, 6.07) is 5.26. The summed E-state index contributed by atoms with van der Waals surface area (Å²) in [7, 11) is 0. The number of nitrogens with zero attached hydrogens (tertiary/aromatic N) is 1. The van der Waals surface area contributed by atoms with Gasteiger partial charge in [0.25, 0.3) is 0 Å². The largest absolute Gasteiger partial charge is 0.486 e. The highest BCUT2D eigenvalue weighted by molar-refractivity contribution is 5.96. The van der Waals surface area contributed by atoms with E-state index < -0.39 is 5.97 Å². The van der Waals surface area contributed by atoms with Gasteiger partial charge in [-0.15, -0.1) is 0 Å². The van der Waals surface area contributed by atoms with Gasteiger partial charge >= 0.3 is 5.97 Å². The SMILES string of the molecule is Cc1onc(-c2cccc3c2OCCO3)c1C(=O)O. The minimum atomic E-state index is -1.08. The maximum atomic E-state index is 11.3. The predicted octanol–water partition coefficient (Wildman–Crippen LogP) is 2.12. The third-order valence-electron chi connectivity index (χ3n) is 2.90.